The first kappa shape index (κ1) is 31.4. The zero-order chi connectivity index (χ0) is 25.2. The highest BCUT2D eigenvalue weighted by molar-refractivity contribution is 7.70. The van der Waals surface area contributed by atoms with Crippen LogP contribution in [0.1, 0.15) is 40.5 Å². The molecule has 0 bridgehead atoms. The van der Waals surface area contributed by atoms with Gasteiger partial charge in [-0.25, -0.2) is 18.3 Å². The van der Waals surface area contributed by atoms with E-state index in [9.17, 15) is 18.3 Å². The molecule has 0 spiro atoms. The predicted molar refractivity (Wildman–Crippen MR) is 116 cm³/mol. The number of rotatable bonds is 15. The zero-order valence-electron chi connectivity index (χ0n) is 17.9. The highest BCUT2D eigenvalue weighted by Crippen LogP contribution is 2.74. The van der Waals surface area contributed by atoms with Crippen LogP contribution in [0, 0.1) is 0 Å². The van der Waals surface area contributed by atoms with Gasteiger partial charge in [-0.1, -0.05) is 36.0 Å². The molecular formula is C15H28O13P4. The third-order valence-corrected chi connectivity index (χ3v) is 8.79. The van der Waals surface area contributed by atoms with E-state index < -0.39 is 37.9 Å². The predicted octanol–water partition coefficient (Wildman–Crippen LogP) is 5.25. The molecule has 186 valence electrons. The van der Waals surface area contributed by atoms with E-state index in [1.165, 1.54) is 19.1 Å². The lowest BCUT2D eigenvalue weighted by atomic mass is 10.1. The van der Waals surface area contributed by atoms with E-state index in [1.54, 1.807) is 6.92 Å². The molecule has 0 aliphatic carbocycles. The van der Waals surface area contributed by atoms with Crippen molar-refractivity contribution in [2.75, 3.05) is 6.61 Å². The van der Waals surface area contributed by atoms with Gasteiger partial charge in [0.2, 0.25) is 0 Å². The van der Waals surface area contributed by atoms with Crippen LogP contribution < -0.4 is 0 Å². The Hall–Kier alpha value is -0.640. The first-order chi connectivity index (χ1) is 14.4. The van der Waals surface area contributed by atoms with Crippen LogP contribution in [-0.4, -0.2) is 26.2 Å². The molecule has 13 nitrogen and oxygen atoms in total. The molecule has 0 amide bonds. The van der Waals surface area contributed by atoms with Gasteiger partial charge in [-0.05, 0) is 46.1 Å². The third kappa shape index (κ3) is 16.0. The Kier molecular flexibility index (Phi) is 13.0. The molecule has 0 rings (SSSR count). The molecule has 17 heteroatoms. The molecule has 0 aromatic rings. The Balaban J connectivity index is 5.75. The van der Waals surface area contributed by atoms with Crippen molar-refractivity contribution in [2.24, 2.45) is 0 Å². The van der Waals surface area contributed by atoms with Gasteiger partial charge in [0.05, 0.1) is 12.9 Å². The first-order valence-electron chi connectivity index (χ1n) is 8.75. The van der Waals surface area contributed by atoms with Crippen molar-refractivity contribution in [3.8, 4) is 0 Å². The van der Waals surface area contributed by atoms with Crippen LogP contribution in [0.4, 0.5) is 0 Å². The highest BCUT2D eigenvalue weighted by atomic mass is 31.3. The molecule has 4 N–H and O–H groups in total. The molecule has 2 atom stereocenters. The SMILES string of the molecule is C=CC(C)=COP(=O)(OP(=O)(O)O)OP(=O)(OC/C=C(\C)CCC=C(C)C)OP(=O)(O)O. The number of hydrogen-bond acceptors (Lipinski definition) is 9. The fraction of sp³-hybridized carbons (Fsp3) is 0.467. The topological polar surface area (TPSA) is 195 Å². The van der Waals surface area contributed by atoms with Crippen LogP contribution in [0.25, 0.3) is 0 Å². The summed E-state index contributed by atoms with van der Waals surface area (Å²) in [6, 6.07) is 0. The smallest absolute Gasteiger partial charge is 0.411 e. The molecule has 0 saturated carbocycles. The van der Waals surface area contributed by atoms with Crippen LogP contribution in [0.2, 0.25) is 0 Å². The molecule has 0 aliphatic rings. The van der Waals surface area contributed by atoms with Crippen LogP contribution in [0.3, 0.4) is 0 Å². The fourth-order valence-electron chi connectivity index (χ4n) is 1.66. The van der Waals surface area contributed by atoms with Crippen molar-refractivity contribution in [2.45, 2.75) is 40.5 Å². The molecule has 0 saturated heterocycles. The van der Waals surface area contributed by atoms with E-state index in [2.05, 4.69) is 24.0 Å². The summed E-state index contributed by atoms with van der Waals surface area (Å²) in [4.78, 5) is 35.9. The molecule has 0 aromatic carbocycles. The van der Waals surface area contributed by atoms with Gasteiger partial charge in [0.25, 0.3) is 0 Å². The average molecular weight is 540 g/mol. The third-order valence-electron chi connectivity index (χ3n) is 3.06. The molecule has 32 heavy (non-hydrogen) atoms. The van der Waals surface area contributed by atoms with Gasteiger partial charge < -0.3 is 24.1 Å². The lowest BCUT2D eigenvalue weighted by Gasteiger charge is -2.22. The normalized spacial score (nSPS) is 17.2. The molecule has 0 fully saturated rings. The van der Waals surface area contributed by atoms with Gasteiger partial charge in [0, 0.05) is 0 Å². The van der Waals surface area contributed by atoms with E-state index in [1.807, 2.05) is 19.9 Å². The molecule has 0 radical (unpaired) electrons. The number of allylic oxidation sites excluding steroid dienone is 5. The summed E-state index contributed by atoms with van der Waals surface area (Å²) in [6.07, 6.45) is 6.44. The van der Waals surface area contributed by atoms with Crippen LogP contribution in [0.15, 0.2) is 47.8 Å². The summed E-state index contributed by atoms with van der Waals surface area (Å²) in [5, 5.41) is 0. The Morgan fingerprint density at radius 3 is 1.84 bits per heavy atom. The fourth-order valence-corrected chi connectivity index (χ4v) is 6.73. The summed E-state index contributed by atoms with van der Waals surface area (Å²) in [5.41, 5.74) is 2.01. The summed E-state index contributed by atoms with van der Waals surface area (Å²) >= 11 is 0. The van der Waals surface area contributed by atoms with E-state index in [0.717, 1.165) is 11.1 Å². The van der Waals surface area contributed by atoms with E-state index in [4.69, 9.17) is 24.1 Å². The number of phosphoric acid groups is 4. The Morgan fingerprint density at radius 1 is 0.844 bits per heavy atom. The van der Waals surface area contributed by atoms with Gasteiger partial charge in [0.15, 0.2) is 0 Å². The van der Waals surface area contributed by atoms with Gasteiger partial charge >= 0.3 is 31.3 Å². The monoisotopic (exact) mass is 540 g/mol. The molecule has 0 aromatic heterocycles. The Bertz CT molecular complexity index is 920. The average Bonchev–Trinajstić information content (AvgIpc) is 2.55. The summed E-state index contributed by atoms with van der Waals surface area (Å²) in [7, 11) is -22.1. The summed E-state index contributed by atoms with van der Waals surface area (Å²) < 4.78 is 69.2. The van der Waals surface area contributed by atoms with E-state index in [0.29, 0.717) is 19.1 Å². The van der Waals surface area contributed by atoms with Crippen molar-refractivity contribution < 1.29 is 59.8 Å². The van der Waals surface area contributed by atoms with E-state index in [-0.39, 0.29) is 5.57 Å². The maximum Gasteiger partial charge on any atom is 0.547 e. The summed E-state index contributed by atoms with van der Waals surface area (Å²) in [6.45, 7) is 9.68. The van der Waals surface area contributed by atoms with E-state index >= 15 is 0 Å². The minimum atomic E-state index is -5.57. The Morgan fingerprint density at radius 2 is 1.38 bits per heavy atom. The lowest BCUT2D eigenvalue weighted by Crippen LogP contribution is -2.02. The lowest BCUT2D eigenvalue weighted by molar-refractivity contribution is 0.167. The first-order valence-corrected chi connectivity index (χ1v) is 14.7. The second kappa shape index (κ2) is 13.3. The van der Waals surface area contributed by atoms with Gasteiger partial charge in [-0.3, -0.25) is 4.52 Å². The molecule has 0 aliphatic heterocycles. The highest BCUT2D eigenvalue weighted by Gasteiger charge is 2.48. The standard InChI is InChI=1S/C15H28O13P4/c1-6-14(4)12-25-32(23,27-30(19,20)21)28-31(22,26-29(16,17)18)24-11-10-15(5)9-7-8-13(2)3/h6,8,10,12H,1,7,9,11H2,2-5H3,(H2,16,17,18)(H2,19,20,21)/b14-12?,15-10+. The Labute approximate surface area is 186 Å². The second-order valence-electron chi connectivity index (χ2n) is 6.46. The largest absolute Gasteiger partial charge is 0.547 e. The zero-order valence-corrected chi connectivity index (χ0v) is 21.5. The van der Waals surface area contributed by atoms with Crippen molar-refractivity contribution in [3.05, 3.63) is 47.8 Å². The van der Waals surface area contributed by atoms with Gasteiger partial charge in [-0.2, -0.15) is 12.9 Å². The van der Waals surface area contributed by atoms with Crippen molar-refractivity contribution >= 4 is 31.3 Å². The van der Waals surface area contributed by atoms with Crippen molar-refractivity contribution in [3.63, 3.8) is 0 Å². The van der Waals surface area contributed by atoms with Crippen molar-refractivity contribution in [1.82, 2.24) is 0 Å². The quantitative estimate of drug-likeness (QED) is 0.0910. The van der Waals surface area contributed by atoms with Crippen LogP contribution in [-0.2, 0) is 40.2 Å². The second-order valence-corrected chi connectivity index (χ2v) is 12.6. The maximum absolute atomic E-state index is 12.7. The van der Waals surface area contributed by atoms with Crippen molar-refractivity contribution in [1.29, 1.82) is 0 Å². The van der Waals surface area contributed by atoms with Crippen LogP contribution in [0.5, 0.6) is 0 Å². The van der Waals surface area contributed by atoms with Gasteiger partial charge in [-0.15, -0.1) is 0 Å². The number of hydrogen-bond donors (Lipinski definition) is 4. The van der Waals surface area contributed by atoms with Gasteiger partial charge in [0.1, 0.15) is 0 Å². The summed E-state index contributed by atoms with van der Waals surface area (Å²) in [5.74, 6) is 0. The minimum Gasteiger partial charge on any atom is -0.411 e. The molecule has 0 heterocycles. The van der Waals surface area contributed by atoms with Crippen LogP contribution >= 0.6 is 31.3 Å². The maximum atomic E-state index is 12.7. The molecule has 2 unspecified atom stereocenters. The molecular weight excluding hydrogens is 512 g/mol. The minimum absolute atomic E-state index is 0.171.